The number of nitrogens with one attached hydrogen (secondary N) is 1. The lowest BCUT2D eigenvalue weighted by atomic mass is 10.2. The zero-order valence-corrected chi connectivity index (χ0v) is 17.1. The first-order valence-electron chi connectivity index (χ1n) is 8.10. The minimum atomic E-state index is -0.449. The van der Waals surface area contributed by atoms with Crippen LogP contribution in [0.4, 0.5) is 0 Å². The van der Waals surface area contributed by atoms with Crippen LogP contribution in [0.15, 0.2) is 69.6 Å². The molecule has 0 atom stereocenters. The molecule has 28 heavy (non-hydrogen) atoms. The summed E-state index contributed by atoms with van der Waals surface area (Å²) in [6.07, 6.45) is 1.47. The Morgan fingerprint density at radius 2 is 1.93 bits per heavy atom. The number of hydrazone groups is 1. The Morgan fingerprint density at radius 3 is 2.64 bits per heavy atom. The van der Waals surface area contributed by atoms with Crippen LogP contribution in [0.3, 0.4) is 0 Å². The Morgan fingerprint density at radius 1 is 1.11 bits per heavy atom. The first kappa shape index (κ1) is 19.8. The number of benzene rings is 2. The van der Waals surface area contributed by atoms with Crippen molar-refractivity contribution in [2.24, 2.45) is 5.10 Å². The molecular weight excluding hydrogens is 444 g/mol. The van der Waals surface area contributed by atoms with Crippen molar-refractivity contribution in [1.82, 2.24) is 5.43 Å². The summed E-state index contributed by atoms with van der Waals surface area (Å²) < 4.78 is 11.3. The number of amides is 1. The van der Waals surface area contributed by atoms with Crippen molar-refractivity contribution in [3.05, 3.63) is 80.5 Å². The summed E-state index contributed by atoms with van der Waals surface area (Å²) >= 11 is 4.62. The van der Waals surface area contributed by atoms with Gasteiger partial charge in [-0.2, -0.15) is 5.10 Å². The number of nitrogens with zero attached hydrogens (tertiary/aromatic N) is 1. The SMILES string of the molecule is COc1cc(/C=N/NC(=O)c2ccccc2Br)ccc1OC(=O)c1cccs1. The quantitative estimate of drug-likeness (QED) is 0.255. The maximum Gasteiger partial charge on any atom is 0.353 e. The van der Waals surface area contributed by atoms with Crippen molar-refractivity contribution in [3.63, 3.8) is 0 Å². The average molecular weight is 459 g/mol. The van der Waals surface area contributed by atoms with Crippen LogP contribution in [0.5, 0.6) is 11.5 Å². The highest BCUT2D eigenvalue weighted by atomic mass is 79.9. The van der Waals surface area contributed by atoms with Gasteiger partial charge in [0.25, 0.3) is 5.91 Å². The van der Waals surface area contributed by atoms with E-state index in [4.69, 9.17) is 9.47 Å². The standard InChI is InChI=1S/C20H15BrN2O4S/c1-26-17-11-13(8-9-16(17)27-20(25)18-7-4-10-28-18)12-22-23-19(24)14-5-2-3-6-15(14)21/h2-12H,1H3,(H,23,24)/b22-12+. The predicted molar refractivity (Wildman–Crippen MR) is 111 cm³/mol. The molecule has 3 rings (SSSR count). The first-order chi connectivity index (χ1) is 13.6. The second kappa shape index (κ2) is 9.29. The Kier molecular flexibility index (Phi) is 6.57. The number of carbonyl (C=O) groups is 2. The van der Waals surface area contributed by atoms with Crippen molar-refractivity contribution < 1.29 is 19.1 Å². The van der Waals surface area contributed by atoms with E-state index in [2.05, 4.69) is 26.5 Å². The summed E-state index contributed by atoms with van der Waals surface area (Å²) in [5.41, 5.74) is 3.61. The fourth-order valence-corrected chi connectivity index (χ4v) is 3.33. The number of carbonyl (C=O) groups excluding carboxylic acids is 2. The predicted octanol–water partition coefficient (Wildman–Crippen LogP) is 4.50. The molecule has 6 nitrogen and oxygen atoms in total. The van der Waals surface area contributed by atoms with Crippen LogP contribution < -0.4 is 14.9 Å². The monoisotopic (exact) mass is 458 g/mol. The van der Waals surface area contributed by atoms with Crippen molar-refractivity contribution in [2.45, 2.75) is 0 Å². The topological polar surface area (TPSA) is 77.0 Å². The molecule has 0 saturated carbocycles. The summed E-state index contributed by atoms with van der Waals surface area (Å²) in [5, 5.41) is 5.76. The van der Waals surface area contributed by atoms with Gasteiger partial charge in [-0.25, -0.2) is 10.2 Å². The lowest BCUT2D eigenvalue weighted by Gasteiger charge is -2.09. The summed E-state index contributed by atoms with van der Waals surface area (Å²) in [7, 11) is 1.48. The van der Waals surface area contributed by atoms with Crippen LogP contribution in [-0.2, 0) is 0 Å². The van der Waals surface area contributed by atoms with Crippen LogP contribution in [0.2, 0.25) is 0 Å². The lowest BCUT2D eigenvalue weighted by molar-refractivity contribution is 0.0734. The van der Waals surface area contributed by atoms with Crippen LogP contribution >= 0.6 is 27.3 Å². The van der Waals surface area contributed by atoms with Gasteiger partial charge in [0.05, 0.1) is 18.9 Å². The van der Waals surface area contributed by atoms with Crippen molar-refractivity contribution in [1.29, 1.82) is 0 Å². The number of thiophene rings is 1. The average Bonchev–Trinajstić information content (AvgIpc) is 3.24. The molecule has 1 N–H and O–H groups in total. The van der Waals surface area contributed by atoms with E-state index in [9.17, 15) is 9.59 Å². The molecular formula is C20H15BrN2O4S. The molecule has 1 heterocycles. The second-order valence-corrected chi connectivity index (χ2v) is 7.26. The molecule has 3 aromatic rings. The third kappa shape index (κ3) is 4.85. The highest BCUT2D eigenvalue weighted by Crippen LogP contribution is 2.28. The van der Waals surface area contributed by atoms with Crippen LogP contribution in [0.25, 0.3) is 0 Å². The van der Waals surface area contributed by atoms with Crippen molar-refractivity contribution in [3.8, 4) is 11.5 Å². The highest BCUT2D eigenvalue weighted by molar-refractivity contribution is 9.10. The van der Waals surface area contributed by atoms with Gasteiger partial charge in [0, 0.05) is 4.47 Å². The van der Waals surface area contributed by atoms with Gasteiger partial charge in [-0.15, -0.1) is 11.3 Å². The van der Waals surface area contributed by atoms with Crippen molar-refractivity contribution >= 4 is 45.4 Å². The fraction of sp³-hybridized carbons (Fsp3) is 0.0500. The van der Waals surface area contributed by atoms with Gasteiger partial charge in [0.2, 0.25) is 0 Å². The molecule has 8 heteroatoms. The van der Waals surface area contributed by atoms with E-state index in [1.54, 1.807) is 53.9 Å². The highest BCUT2D eigenvalue weighted by Gasteiger charge is 2.13. The van der Waals surface area contributed by atoms with Gasteiger partial charge >= 0.3 is 5.97 Å². The summed E-state index contributed by atoms with van der Waals surface area (Å²) in [4.78, 5) is 24.7. The van der Waals surface area contributed by atoms with Crippen LogP contribution in [0, 0.1) is 0 Å². The summed E-state index contributed by atoms with van der Waals surface area (Å²) in [6.45, 7) is 0. The Labute approximate surface area is 173 Å². The van der Waals surface area contributed by atoms with Gasteiger partial charge in [0.15, 0.2) is 11.5 Å². The molecule has 142 valence electrons. The minimum absolute atomic E-state index is 0.301. The number of rotatable bonds is 6. The number of halogens is 1. The number of methoxy groups -OCH3 is 1. The Hall–Kier alpha value is -2.97. The van der Waals surface area contributed by atoms with Gasteiger partial charge in [-0.05, 0) is 63.3 Å². The molecule has 0 spiro atoms. The van der Waals surface area contributed by atoms with Gasteiger partial charge < -0.3 is 9.47 Å². The number of hydrogen-bond acceptors (Lipinski definition) is 6. The van der Waals surface area contributed by atoms with E-state index in [1.807, 2.05) is 6.07 Å². The number of esters is 1. The fourth-order valence-electron chi connectivity index (χ4n) is 2.26. The van der Waals surface area contributed by atoms with E-state index in [0.29, 0.717) is 32.0 Å². The molecule has 1 amide bonds. The molecule has 0 radical (unpaired) electrons. The summed E-state index contributed by atoms with van der Waals surface area (Å²) in [5.74, 6) is -0.103. The van der Waals surface area contributed by atoms with Gasteiger partial charge in [-0.1, -0.05) is 18.2 Å². The molecule has 0 aliphatic carbocycles. The molecule has 0 saturated heterocycles. The lowest BCUT2D eigenvalue weighted by Crippen LogP contribution is -2.18. The largest absolute Gasteiger partial charge is 0.493 e. The molecule has 0 unspecified atom stereocenters. The zero-order valence-electron chi connectivity index (χ0n) is 14.7. The van der Waals surface area contributed by atoms with E-state index < -0.39 is 5.97 Å². The third-order valence-electron chi connectivity index (χ3n) is 3.61. The van der Waals surface area contributed by atoms with Crippen LogP contribution in [0.1, 0.15) is 25.6 Å². The van der Waals surface area contributed by atoms with Crippen LogP contribution in [-0.4, -0.2) is 25.2 Å². The first-order valence-corrected chi connectivity index (χ1v) is 9.77. The number of ether oxygens (including phenoxy) is 2. The van der Waals surface area contributed by atoms with E-state index >= 15 is 0 Å². The number of hydrogen-bond donors (Lipinski definition) is 1. The molecule has 2 aromatic carbocycles. The third-order valence-corrected chi connectivity index (χ3v) is 5.15. The molecule has 0 aliphatic rings. The minimum Gasteiger partial charge on any atom is -0.493 e. The molecule has 0 bridgehead atoms. The Bertz CT molecular complexity index is 1020. The molecule has 1 aromatic heterocycles. The molecule has 0 aliphatic heterocycles. The zero-order chi connectivity index (χ0) is 19.9. The smallest absolute Gasteiger partial charge is 0.353 e. The molecule has 0 fully saturated rings. The second-order valence-electron chi connectivity index (χ2n) is 5.46. The van der Waals surface area contributed by atoms with E-state index in [-0.39, 0.29) is 5.91 Å². The maximum atomic E-state index is 12.1. The van der Waals surface area contributed by atoms with Crippen molar-refractivity contribution in [2.75, 3.05) is 7.11 Å². The normalized spacial score (nSPS) is 10.6. The Balaban J connectivity index is 1.68. The van der Waals surface area contributed by atoms with Gasteiger partial charge in [-0.3, -0.25) is 4.79 Å². The van der Waals surface area contributed by atoms with E-state index in [0.717, 1.165) is 0 Å². The van der Waals surface area contributed by atoms with Gasteiger partial charge in [0.1, 0.15) is 4.88 Å². The summed E-state index contributed by atoms with van der Waals surface area (Å²) in [6, 6.07) is 15.5. The van der Waals surface area contributed by atoms with E-state index in [1.165, 1.54) is 24.7 Å². The maximum absolute atomic E-state index is 12.1.